The summed E-state index contributed by atoms with van der Waals surface area (Å²) in [5.74, 6) is 1.55. The van der Waals surface area contributed by atoms with Crippen LogP contribution in [0.15, 0.2) is 48.5 Å². The Labute approximate surface area is 155 Å². The van der Waals surface area contributed by atoms with Crippen molar-refractivity contribution in [3.63, 3.8) is 0 Å². The van der Waals surface area contributed by atoms with Crippen molar-refractivity contribution in [1.82, 2.24) is 4.90 Å². The van der Waals surface area contributed by atoms with Crippen LogP contribution in [-0.4, -0.2) is 49.8 Å². The van der Waals surface area contributed by atoms with Gasteiger partial charge in [-0.05, 0) is 49.7 Å². The number of hydrogen-bond acceptors (Lipinski definition) is 4. The Hall–Kier alpha value is -2.04. The highest BCUT2D eigenvalue weighted by molar-refractivity contribution is 5.57. The molecule has 0 radical (unpaired) electrons. The fraction of sp³-hybridized carbons (Fsp3) is 0.455. The summed E-state index contributed by atoms with van der Waals surface area (Å²) >= 11 is 0. The third kappa shape index (κ3) is 2.87. The molecular weight excluding hydrogens is 322 g/mol. The molecule has 0 amide bonds. The zero-order chi connectivity index (χ0) is 17.5. The average Bonchev–Trinajstić information content (AvgIpc) is 2.60. The molecule has 26 heavy (non-hydrogen) atoms. The lowest BCUT2D eigenvalue weighted by atomic mass is 9.82. The molecule has 0 saturated carbocycles. The first-order chi connectivity index (χ1) is 12.8. The summed E-state index contributed by atoms with van der Waals surface area (Å²) < 4.78 is 6.18. The molecule has 0 bridgehead atoms. The minimum absolute atomic E-state index is 0.316. The van der Waals surface area contributed by atoms with Gasteiger partial charge in [0, 0.05) is 36.3 Å². The minimum atomic E-state index is 0.316. The van der Waals surface area contributed by atoms with Gasteiger partial charge >= 0.3 is 0 Å². The van der Waals surface area contributed by atoms with Gasteiger partial charge in [-0.1, -0.05) is 30.3 Å². The molecule has 4 nitrogen and oxygen atoms in total. The summed E-state index contributed by atoms with van der Waals surface area (Å²) in [6, 6.07) is 18.4. The number of ether oxygens (including phenoxy) is 1. The van der Waals surface area contributed by atoms with Gasteiger partial charge in [0.25, 0.3) is 0 Å². The van der Waals surface area contributed by atoms with Crippen LogP contribution >= 0.6 is 0 Å². The van der Waals surface area contributed by atoms with E-state index >= 15 is 0 Å². The topological polar surface area (TPSA) is 41.7 Å². The molecule has 3 aliphatic heterocycles. The number of nitrogens with two attached hydrogens (primary N) is 1. The lowest BCUT2D eigenvalue weighted by Crippen LogP contribution is -2.56. The Morgan fingerprint density at radius 3 is 2.54 bits per heavy atom. The summed E-state index contributed by atoms with van der Waals surface area (Å²) in [7, 11) is 0. The van der Waals surface area contributed by atoms with Crippen molar-refractivity contribution in [3.8, 4) is 5.75 Å². The maximum Gasteiger partial charge on any atom is 0.123 e. The van der Waals surface area contributed by atoms with E-state index in [-0.39, 0.29) is 0 Å². The SMILES string of the molecule is NC1CN(c2ccc3c(c2)[C@H](Cc2ccccc2)[C@H](N2CCC2)CO3)C1. The van der Waals surface area contributed by atoms with Gasteiger partial charge < -0.3 is 15.4 Å². The molecule has 2 atom stereocenters. The highest BCUT2D eigenvalue weighted by atomic mass is 16.5. The summed E-state index contributed by atoms with van der Waals surface area (Å²) in [6.07, 6.45) is 2.38. The van der Waals surface area contributed by atoms with Crippen molar-refractivity contribution < 1.29 is 4.74 Å². The second kappa shape index (κ2) is 6.60. The zero-order valence-corrected chi connectivity index (χ0v) is 15.2. The predicted octanol–water partition coefficient (Wildman–Crippen LogP) is 2.63. The second-order valence-electron chi connectivity index (χ2n) is 7.95. The monoisotopic (exact) mass is 349 g/mol. The molecule has 2 saturated heterocycles. The van der Waals surface area contributed by atoms with Crippen molar-refractivity contribution in [1.29, 1.82) is 0 Å². The number of likely N-dealkylation sites (tertiary alicyclic amines) is 1. The largest absolute Gasteiger partial charge is 0.492 e. The Balaban J connectivity index is 1.48. The molecular formula is C22H27N3O. The number of anilines is 1. The van der Waals surface area contributed by atoms with Gasteiger partial charge in [0.2, 0.25) is 0 Å². The summed E-state index contributed by atoms with van der Waals surface area (Å²) in [5.41, 5.74) is 10.1. The highest BCUT2D eigenvalue weighted by Crippen LogP contribution is 2.41. The Bertz CT molecular complexity index is 768. The zero-order valence-electron chi connectivity index (χ0n) is 15.2. The van der Waals surface area contributed by atoms with Crippen molar-refractivity contribution in [2.24, 2.45) is 5.73 Å². The third-order valence-corrected chi connectivity index (χ3v) is 6.20. The Morgan fingerprint density at radius 2 is 1.85 bits per heavy atom. The van der Waals surface area contributed by atoms with Crippen LogP contribution in [0.4, 0.5) is 5.69 Å². The summed E-state index contributed by atoms with van der Waals surface area (Å²) in [6.45, 7) is 5.13. The molecule has 0 spiro atoms. The molecule has 4 heteroatoms. The molecule has 0 unspecified atom stereocenters. The number of hydrogen-bond donors (Lipinski definition) is 1. The fourth-order valence-corrected chi connectivity index (χ4v) is 4.52. The fourth-order valence-electron chi connectivity index (χ4n) is 4.52. The average molecular weight is 349 g/mol. The van der Waals surface area contributed by atoms with E-state index in [9.17, 15) is 0 Å². The maximum atomic E-state index is 6.18. The van der Waals surface area contributed by atoms with Crippen molar-refractivity contribution in [2.75, 3.05) is 37.7 Å². The van der Waals surface area contributed by atoms with Gasteiger partial charge in [-0.15, -0.1) is 0 Å². The first kappa shape index (κ1) is 16.2. The first-order valence-corrected chi connectivity index (χ1v) is 9.83. The van der Waals surface area contributed by atoms with Crippen LogP contribution in [0.25, 0.3) is 0 Å². The van der Waals surface area contributed by atoms with Gasteiger partial charge in [0.1, 0.15) is 12.4 Å². The van der Waals surface area contributed by atoms with Crippen LogP contribution in [0.2, 0.25) is 0 Å². The van der Waals surface area contributed by atoms with Crippen LogP contribution < -0.4 is 15.4 Å². The van der Waals surface area contributed by atoms with E-state index in [1.165, 1.54) is 36.3 Å². The van der Waals surface area contributed by atoms with Gasteiger partial charge in [-0.25, -0.2) is 0 Å². The number of rotatable bonds is 4. The maximum absolute atomic E-state index is 6.18. The molecule has 2 fully saturated rings. The Morgan fingerprint density at radius 1 is 1.04 bits per heavy atom. The van der Waals surface area contributed by atoms with Crippen LogP contribution in [0.3, 0.4) is 0 Å². The van der Waals surface area contributed by atoms with Crippen LogP contribution in [0.5, 0.6) is 5.75 Å². The van der Waals surface area contributed by atoms with E-state index in [1.807, 2.05) is 0 Å². The quantitative estimate of drug-likeness (QED) is 0.921. The number of benzene rings is 2. The van der Waals surface area contributed by atoms with Crippen LogP contribution in [0, 0.1) is 0 Å². The van der Waals surface area contributed by atoms with Gasteiger partial charge in [0.15, 0.2) is 0 Å². The van der Waals surface area contributed by atoms with Gasteiger partial charge in [-0.3, -0.25) is 4.90 Å². The second-order valence-corrected chi connectivity index (χ2v) is 7.95. The normalized spacial score (nSPS) is 25.8. The lowest BCUT2D eigenvalue weighted by Gasteiger charge is -2.45. The first-order valence-electron chi connectivity index (χ1n) is 9.83. The van der Waals surface area contributed by atoms with Crippen LogP contribution in [0.1, 0.15) is 23.5 Å². The standard InChI is InChI=1S/C22H27N3O/c23-17-13-25(14-17)18-7-8-22-20(12-18)19(11-16-5-2-1-3-6-16)21(15-26-22)24-9-4-10-24/h1-3,5-8,12,17,19,21H,4,9-11,13-15,23H2/t19-,21+/m0/s1. The number of nitrogens with zero attached hydrogens (tertiary/aromatic N) is 2. The molecule has 2 N–H and O–H groups in total. The molecule has 0 aliphatic carbocycles. The highest BCUT2D eigenvalue weighted by Gasteiger charge is 2.37. The summed E-state index contributed by atoms with van der Waals surface area (Å²) in [5, 5.41) is 0. The van der Waals surface area contributed by atoms with E-state index in [2.05, 4.69) is 58.3 Å². The van der Waals surface area contributed by atoms with E-state index < -0.39 is 0 Å². The van der Waals surface area contributed by atoms with Crippen molar-refractivity contribution in [3.05, 3.63) is 59.7 Å². The Kier molecular flexibility index (Phi) is 4.10. The smallest absolute Gasteiger partial charge is 0.123 e. The molecule has 5 rings (SSSR count). The minimum Gasteiger partial charge on any atom is -0.492 e. The van der Waals surface area contributed by atoms with E-state index in [4.69, 9.17) is 10.5 Å². The molecule has 136 valence electrons. The molecule has 0 aromatic heterocycles. The van der Waals surface area contributed by atoms with Crippen molar-refractivity contribution in [2.45, 2.75) is 30.8 Å². The van der Waals surface area contributed by atoms with E-state index in [0.717, 1.165) is 31.9 Å². The molecule has 3 heterocycles. The van der Waals surface area contributed by atoms with Gasteiger partial charge in [-0.2, -0.15) is 0 Å². The van der Waals surface area contributed by atoms with E-state index in [1.54, 1.807) is 0 Å². The van der Waals surface area contributed by atoms with Crippen molar-refractivity contribution >= 4 is 5.69 Å². The lowest BCUT2D eigenvalue weighted by molar-refractivity contribution is 0.0502. The molecule has 3 aliphatic rings. The van der Waals surface area contributed by atoms with Crippen LogP contribution in [-0.2, 0) is 6.42 Å². The summed E-state index contributed by atoms with van der Waals surface area (Å²) in [4.78, 5) is 4.97. The molecule has 2 aromatic rings. The van der Waals surface area contributed by atoms with E-state index in [0.29, 0.717) is 18.0 Å². The molecule has 2 aromatic carbocycles. The number of fused-ring (bicyclic) bond motifs is 1. The predicted molar refractivity (Wildman–Crippen MR) is 105 cm³/mol. The van der Waals surface area contributed by atoms with Gasteiger partial charge in [0.05, 0.1) is 6.04 Å². The third-order valence-electron chi connectivity index (χ3n) is 6.20.